The molecular weight excluding hydrogens is 258 g/mol. The molecule has 1 amide bonds. The van der Waals surface area contributed by atoms with Crippen LogP contribution in [0.4, 0.5) is 5.69 Å². The average Bonchev–Trinajstić information content (AvgIpc) is 2.39. The summed E-state index contributed by atoms with van der Waals surface area (Å²) in [5.41, 5.74) is 3.22. The number of carbonyl (C=O) groups is 1. The van der Waals surface area contributed by atoms with E-state index in [9.17, 15) is 4.79 Å². The molecule has 106 valence electrons. The van der Waals surface area contributed by atoms with Crippen molar-refractivity contribution in [3.8, 4) is 0 Å². The molecular formula is C15H23NO2S. The number of aliphatic hydroxyl groups is 1. The summed E-state index contributed by atoms with van der Waals surface area (Å²) in [5.74, 6) is 0.456. The van der Waals surface area contributed by atoms with Crippen molar-refractivity contribution in [3.05, 3.63) is 29.3 Å². The molecule has 0 heterocycles. The number of rotatable bonds is 7. The predicted molar refractivity (Wildman–Crippen MR) is 82.8 cm³/mol. The molecule has 0 saturated carbocycles. The van der Waals surface area contributed by atoms with Crippen molar-refractivity contribution < 1.29 is 9.90 Å². The highest BCUT2D eigenvalue weighted by Gasteiger charge is 2.10. The van der Waals surface area contributed by atoms with Crippen LogP contribution >= 0.6 is 11.8 Å². The van der Waals surface area contributed by atoms with Crippen molar-refractivity contribution in [2.45, 2.75) is 38.9 Å². The van der Waals surface area contributed by atoms with Gasteiger partial charge in [-0.15, -0.1) is 11.8 Å². The van der Waals surface area contributed by atoms with Crippen LogP contribution in [-0.2, 0) is 11.2 Å². The SMILES string of the molecule is CCc1cccc(C)c1NC(=O)CSC(C)CCO. The molecule has 0 aliphatic heterocycles. The van der Waals surface area contributed by atoms with Crippen LogP contribution in [0.25, 0.3) is 0 Å². The van der Waals surface area contributed by atoms with Gasteiger partial charge in [0.15, 0.2) is 0 Å². The summed E-state index contributed by atoms with van der Waals surface area (Å²) in [6.45, 7) is 6.30. The van der Waals surface area contributed by atoms with Gasteiger partial charge in [0.05, 0.1) is 5.75 Å². The van der Waals surface area contributed by atoms with E-state index in [0.29, 0.717) is 11.0 Å². The normalized spacial score (nSPS) is 12.2. The van der Waals surface area contributed by atoms with Gasteiger partial charge in [-0.25, -0.2) is 0 Å². The zero-order valence-electron chi connectivity index (χ0n) is 11.9. The fourth-order valence-corrected chi connectivity index (χ4v) is 2.64. The third kappa shape index (κ3) is 5.25. The van der Waals surface area contributed by atoms with Crippen molar-refractivity contribution in [2.75, 3.05) is 17.7 Å². The third-order valence-electron chi connectivity index (χ3n) is 3.04. The Balaban J connectivity index is 2.57. The van der Waals surface area contributed by atoms with Crippen LogP contribution in [0.2, 0.25) is 0 Å². The molecule has 0 fully saturated rings. The lowest BCUT2D eigenvalue weighted by Crippen LogP contribution is -2.18. The Morgan fingerprint density at radius 1 is 1.47 bits per heavy atom. The summed E-state index contributed by atoms with van der Waals surface area (Å²) in [6, 6.07) is 6.07. The Kier molecular flexibility index (Phi) is 6.95. The van der Waals surface area contributed by atoms with Crippen molar-refractivity contribution >= 4 is 23.4 Å². The van der Waals surface area contributed by atoms with Gasteiger partial charge < -0.3 is 10.4 Å². The molecule has 19 heavy (non-hydrogen) atoms. The number of hydrogen-bond acceptors (Lipinski definition) is 3. The largest absolute Gasteiger partial charge is 0.396 e. The first-order valence-electron chi connectivity index (χ1n) is 6.69. The van der Waals surface area contributed by atoms with Gasteiger partial charge in [-0.05, 0) is 30.9 Å². The zero-order valence-corrected chi connectivity index (χ0v) is 12.7. The number of thioether (sulfide) groups is 1. The molecule has 0 aliphatic carbocycles. The van der Waals surface area contributed by atoms with Crippen LogP contribution in [0.5, 0.6) is 0 Å². The van der Waals surface area contributed by atoms with Gasteiger partial charge in [-0.3, -0.25) is 4.79 Å². The van der Waals surface area contributed by atoms with E-state index in [0.717, 1.165) is 24.1 Å². The monoisotopic (exact) mass is 281 g/mol. The van der Waals surface area contributed by atoms with Crippen LogP contribution < -0.4 is 5.32 Å². The van der Waals surface area contributed by atoms with E-state index >= 15 is 0 Å². The molecule has 1 rings (SSSR count). The van der Waals surface area contributed by atoms with E-state index in [1.165, 1.54) is 5.56 Å². The Labute approximate surface area is 119 Å². The summed E-state index contributed by atoms with van der Waals surface area (Å²) in [5, 5.41) is 12.1. The number of hydrogen-bond donors (Lipinski definition) is 2. The maximum Gasteiger partial charge on any atom is 0.234 e. The van der Waals surface area contributed by atoms with Crippen LogP contribution in [0.3, 0.4) is 0 Å². The summed E-state index contributed by atoms with van der Waals surface area (Å²) in [6.07, 6.45) is 1.63. The Morgan fingerprint density at radius 2 is 2.21 bits per heavy atom. The molecule has 0 saturated heterocycles. The molecule has 0 bridgehead atoms. The lowest BCUT2D eigenvalue weighted by Gasteiger charge is -2.14. The number of nitrogens with one attached hydrogen (secondary N) is 1. The first-order valence-corrected chi connectivity index (χ1v) is 7.74. The fourth-order valence-electron chi connectivity index (χ4n) is 1.86. The standard InChI is InChI=1S/C15H23NO2S/c1-4-13-7-5-6-11(2)15(13)16-14(18)10-19-12(3)8-9-17/h5-7,12,17H,4,8-10H2,1-3H3,(H,16,18). The minimum absolute atomic E-state index is 0.0267. The van der Waals surface area contributed by atoms with Crippen molar-refractivity contribution in [3.63, 3.8) is 0 Å². The van der Waals surface area contributed by atoms with Gasteiger partial charge >= 0.3 is 0 Å². The number of benzene rings is 1. The average molecular weight is 281 g/mol. The number of para-hydroxylation sites is 1. The predicted octanol–water partition coefficient (Wildman–Crippen LogP) is 3.00. The molecule has 0 aliphatic rings. The van der Waals surface area contributed by atoms with Gasteiger partial charge in [-0.2, -0.15) is 0 Å². The zero-order chi connectivity index (χ0) is 14.3. The molecule has 0 aromatic heterocycles. The van der Waals surface area contributed by atoms with Crippen molar-refractivity contribution in [1.82, 2.24) is 0 Å². The van der Waals surface area contributed by atoms with E-state index in [2.05, 4.69) is 12.2 Å². The maximum atomic E-state index is 11.9. The molecule has 0 radical (unpaired) electrons. The second-order valence-electron chi connectivity index (χ2n) is 4.64. The lowest BCUT2D eigenvalue weighted by molar-refractivity contribution is -0.113. The summed E-state index contributed by atoms with van der Waals surface area (Å²) in [4.78, 5) is 11.9. The topological polar surface area (TPSA) is 49.3 Å². The molecule has 1 unspecified atom stereocenters. The smallest absolute Gasteiger partial charge is 0.234 e. The van der Waals surface area contributed by atoms with Crippen LogP contribution in [-0.4, -0.2) is 28.6 Å². The molecule has 2 N–H and O–H groups in total. The van der Waals surface area contributed by atoms with Crippen molar-refractivity contribution in [1.29, 1.82) is 0 Å². The quantitative estimate of drug-likeness (QED) is 0.808. The van der Waals surface area contributed by atoms with Crippen molar-refractivity contribution in [2.24, 2.45) is 0 Å². The molecule has 1 aromatic rings. The molecule has 0 spiro atoms. The number of aryl methyl sites for hydroxylation is 2. The van der Waals surface area contributed by atoms with Gasteiger partial charge in [0, 0.05) is 17.5 Å². The van der Waals surface area contributed by atoms with Crippen LogP contribution in [0.1, 0.15) is 31.4 Å². The minimum Gasteiger partial charge on any atom is -0.396 e. The highest BCUT2D eigenvalue weighted by atomic mass is 32.2. The highest BCUT2D eigenvalue weighted by Crippen LogP contribution is 2.22. The molecule has 1 aromatic carbocycles. The highest BCUT2D eigenvalue weighted by molar-refractivity contribution is 8.00. The van der Waals surface area contributed by atoms with E-state index in [1.54, 1.807) is 11.8 Å². The minimum atomic E-state index is 0.0267. The van der Waals surface area contributed by atoms with Gasteiger partial charge in [0.2, 0.25) is 5.91 Å². The number of aliphatic hydroxyl groups excluding tert-OH is 1. The molecule has 3 nitrogen and oxygen atoms in total. The molecule has 4 heteroatoms. The summed E-state index contributed by atoms with van der Waals surface area (Å²) >= 11 is 1.58. The second-order valence-corrected chi connectivity index (χ2v) is 6.07. The molecule has 1 atom stereocenters. The number of carbonyl (C=O) groups excluding carboxylic acids is 1. The first kappa shape index (κ1) is 16.1. The third-order valence-corrected chi connectivity index (χ3v) is 4.27. The van der Waals surface area contributed by atoms with E-state index < -0.39 is 0 Å². The Bertz CT molecular complexity index is 421. The number of anilines is 1. The van der Waals surface area contributed by atoms with Crippen LogP contribution in [0, 0.1) is 6.92 Å². The lowest BCUT2D eigenvalue weighted by atomic mass is 10.1. The fraction of sp³-hybridized carbons (Fsp3) is 0.533. The van der Waals surface area contributed by atoms with Crippen LogP contribution in [0.15, 0.2) is 18.2 Å². The van der Waals surface area contributed by atoms with E-state index in [1.807, 2.05) is 32.0 Å². The van der Waals surface area contributed by atoms with Gasteiger partial charge in [0.25, 0.3) is 0 Å². The van der Waals surface area contributed by atoms with Gasteiger partial charge in [-0.1, -0.05) is 32.0 Å². The van der Waals surface area contributed by atoms with Gasteiger partial charge in [0.1, 0.15) is 0 Å². The summed E-state index contributed by atoms with van der Waals surface area (Å²) < 4.78 is 0. The maximum absolute atomic E-state index is 11.9. The second kappa shape index (κ2) is 8.23. The van der Waals surface area contributed by atoms with E-state index in [-0.39, 0.29) is 12.5 Å². The summed E-state index contributed by atoms with van der Waals surface area (Å²) in [7, 11) is 0. The Hall–Kier alpha value is -1.000. The van der Waals surface area contributed by atoms with E-state index in [4.69, 9.17) is 5.11 Å². The number of amides is 1. The Morgan fingerprint density at radius 3 is 2.84 bits per heavy atom. The first-order chi connectivity index (χ1) is 9.08.